The maximum absolute atomic E-state index is 11.1. The molecule has 0 aliphatic carbocycles. The molecule has 2 rings (SSSR count). The van der Waals surface area contributed by atoms with Crippen LogP contribution in [0.5, 0.6) is 0 Å². The van der Waals surface area contributed by atoms with Crippen LogP contribution < -0.4 is 11.2 Å². The van der Waals surface area contributed by atoms with Gasteiger partial charge in [-0.1, -0.05) is 6.07 Å². The van der Waals surface area contributed by atoms with Crippen LogP contribution in [0.4, 0.5) is 5.82 Å². The highest BCUT2D eigenvalue weighted by Crippen LogP contribution is 2.16. The van der Waals surface area contributed by atoms with Gasteiger partial charge >= 0.3 is 0 Å². The Bertz CT molecular complexity index is 672. The summed E-state index contributed by atoms with van der Waals surface area (Å²) >= 11 is 0.240. The molecular formula is C13H21ClN6OS2. The van der Waals surface area contributed by atoms with E-state index in [4.69, 9.17) is 5.73 Å². The maximum atomic E-state index is 11.1. The van der Waals surface area contributed by atoms with E-state index in [1.165, 1.54) is 0 Å². The Morgan fingerprint density at radius 2 is 2.22 bits per heavy atom. The van der Waals surface area contributed by atoms with Crippen LogP contribution in [0.1, 0.15) is 12.1 Å². The monoisotopic (exact) mass is 376 g/mol. The quantitative estimate of drug-likeness (QED) is 0.432. The predicted molar refractivity (Wildman–Crippen MR) is 96.3 cm³/mol. The lowest BCUT2D eigenvalue weighted by molar-refractivity contribution is 0.395. The van der Waals surface area contributed by atoms with Crippen LogP contribution in [-0.4, -0.2) is 49.6 Å². The minimum atomic E-state index is -1.46. The lowest BCUT2D eigenvalue weighted by Gasteiger charge is -2.09. The van der Waals surface area contributed by atoms with E-state index in [0.717, 1.165) is 29.4 Å². The first-order valence-electron chi connectivity index (χ1n) is 6.85. The number of hydrogen-bond acceptors (Lipinski definition) is 7. The number of nitrogens with two attached hydrogens (primary N) is 1. The first-order valence-corrected chi connectivity index (χ1v) is 8.95. The predicted octanol–water partition coefficient (Wildman–Crippen LogP) is 1.68. The van der Waals surface area contributed by atoms with Crippen LogP contribution >= 0.6 is 35.3 Å². The fourth-order valence-corrected chi connectivity index (χ4v) is 3.27. The van der Waals surface area contributed by atoms with E-state index < -0.39 is 11.1 Å². The van der Waals surface area contributed by atoms with Crippen molar-refractivity contribution in [2.75, 3.05) is 32.1 Å². The second-order valence-corrected chi connectivity index (χ2v) is 6.97. The van der Waals surface area contributed by atoms with Crippen LogP contribution in [0.25, 0.3) is 0 Å². The van der Waals surface area contributed by atoms with Gasteiger partial charge in [-0.15, -0.1) is 28.5 Å². The first-order chi connectivity index (χ1) is 10.5. The van der Waals surface area contributed by atoms with Gasteiger partial charge in [0.25, 0.3) is 0 Å². The molecule has 23 heavy (non-hydrogen) atoms. The summed E-state index contributed by atoms with van der Waals surface area (Å²) in [7, 11) is 4.06. The van der Waals surface area contributed by atoms with Gasteiger partial charge in [-0.25, -0.2) is 4.98 Å². The molecule has 0 bridgehead atoms. The highest BCUT2D eigenvalue weighted by molar-refractivity contribution is 7.99. The second kappa shape index (κ2) is 9.89. The third-order valence-corrected chi connectivity index (χ3v) is 4.44. The van der Waals surface area contributed by atoms with Crippen molar-refractivity contribution in [3.63, 3.8) is 0 Å². The minimum absolute atomic E-state index is 0. The van der Waals surface area contributed by atoms with Crippen molar-refractivity contribution in [1.82, 2.24) is 18.6 Å². The Morgan fingerprint density at radius 3 is 2.87 bits per heavy atom. The topological polar surface area (TPSA) is 106 Å². The number of H-pyrrole nitrogens is 1. The molecule has 0 radical (unpaired) electrons. The van der Waals surface area contributed by atoms with Gasteiger partial charge in [-0.2, -0.15) is 0 Å². The molecule has 0 saturated carbocycles. The van der Waals surface area contributed by atoms with E-state index in [1.54, 1.807) is 11.8 Å². The first kappa shape index (κ1) is 19.9. The van der Waals surface area contributed by atoms with Gasteiger partial charge in [0.05, 0.1) is 10.7 Å². The molecule has 2 aromatic rings. The van der Waals surface area contributed by atoms with Crippen molar-refractivity contribution in [3.05, 3.63) is 29.4 Å². The molecule has 2 aromatic heterocycles. The number of aromatic amines is 1. The van der Waals surface area contributed by atoms with E-state index in [-0.39, 0.29) is 18.2 Å². The van der Waals surface area contributed by atoms with Crippen molar-refractivity contribution in [1.29, 1.82) is 0 Å². The molecular weight excluding hydrogens is 356 g/mol. The molecule has 3 N–H and O–H groups in total. The average molecular weight is 377 g/mol. The van der Waals surface area contributed by atoms with Crippen LogP contribution in [0.3, 0.4) is 0 Å². The number of halogens is 1. The van der Waals surface area contributed by atoms with Gasteiger partial charge in [-0.05, 0) is 32.6 Å². The number of hydrogen-bond donors (Lipinski definition) is 2. The van der Waals surface area contributed by atoms with Crippen molar-refractivity contribution in [2.24, 2.45) is 4.99 Å². The molecule has 0 aliphatic rings. The van der Waals surface area contributed by atoms with E-state index in [2.05, 4.69) is 23.6 Å². The zero-order valence-electron chi connectivity index (χ0n) is 13.1. The van der Waals surface area contributed by atoms with Crippen LogP contribution in [0, 0.1) is 0 Å². The molecule has 0 amide bonds. The van der Waals surface area contributed by atoms with Crippen molar-refractivity contribution in [2.45, 2.75) is 18.0 Å². The molecule has 0 fully saturated rings. The number of aromatic nitrogens is 3. The summed E-state index contributed by atoms with van der Waals surface area (Å²) in [5.41, 5.74) is 7.07. The average Bonchev–Trinajstić information content (AvgIpc) is 2.76. The standard InChI is InChI=1S/C13H20N6OS2.ClH/c1-19(2)9-10-5-3-6-11(16-10)21-8-4-7-15-13-12(14)17-22(20)18-13;/h3,5-6H,4,7-9H2,1-2H3,(H2,14,17)(H,15,18);1H. The van der Waals surface area contributed by atoms with Crippen LogP contribution in [0.2, 0.25) is 0 Å². The highest BCUT2D eigenvalue weighted by Gasteiger charge is 2.03. The van der Waals surface area contributed by atoms with Crippen molar-refractivity contribution >= 4 is 41.1 Å². The molecule has 0 saturated heterocycles. The molecule has 7 nitrogen and oxygen atoms in total. The third kappa shape index (κ3) is 6.88. The Balaban J connectivity index is 0.00000264. The zero-order chi connectivity index (χ0) is 15.9. The maximum Gasteiger partial charge on any atom is 0.229 e. The molecule has 0 spiro atoms. The highest BCUT2D eigenvalue weighted by atomic mass is 35.5. The number of pyridine rings is 1. The van der Waals surface area contributed by atoms with Crippen molar-refractivity contribution in [3.8, 4) is 0 Å². The lowest BCUT2D eigenvalue weighted by atomic mass is 10.3. The molecule has 128 valence electrons. The Labute approximate surface area is 149 Å². The van der Waals surface area contributed by atoms with Gasteiger partial charge in [0, 0.05) is 23.2 Å². The van der Waals surface area contributed by atoms with Gasteiger partial charge in [-0.3, -0.25) is 4.99 Å². The molecule has 10 heteroatoms. The Hall–Kier alpha value is -1.13. The van der Waals surface area contributed by atoms with Crippen molar-refractivity contribution < 1.29 is 4.55 Å². The van der Waals surface area contributed by atoms with Gasteiger partial charge in [0.2, 0.25) is 11.3 Å². The summed E-state index contributed by atoms with van der Waals surface area (Å²) in [5.74, 6) is 1.12. The van der Waals surface area contributed by atoms with Gasteiger partial charge in [0.15, 0.2) is 11.1 Å². The van der Waals surface area contributed by atoms with E-state index in [1.807, 2.05) is 32.3 Å². The summed E-state index contributed by atoms with van der Waals surface area (Å²) in [6, 6.07) is 6.08. The molecule has 1 unspecified atom stereocenters. The fourth-order valence-electron chi connectivity index (χ4n) is 1.79. The van der Waals surface area contributed by atoms with E-state index in [9.17, 15) is 4.55 Å². The van der Waals surface area contributed by atoms with Gasteiger partial charge < -0.3 is 15.2 Å². The number of anilines is 1. The molecule has 2 heterocycles. The Morgan fingerprint density at radius 1 is 1.43 bits per heavy atom. The second-order valence-electron chi connectivity index (χ2n) is 4.97. The number of nitrogens with one attached hydrogen (secondary N) is 1. The summed E-state index contributed by atoms with van der Waals surface area (Å²) < 4.78 is 17.3. The lowest BCUT2D eigenvalue weighted by Crippen LogP contribution is -2.11. The zero-order valence-corrected chi connectivity index (χ0v) is 15.5. The fraction of sp³-hybridized carbons (Fsp3) is 0.462. The smallest absolute Gasteiger partial charge is 0.229 e. The third-order valence-electron chi connectivity index (χ3n) is 2.69. The molecule has 0 aliphatic heterocycles. The SMILES string of the molecule is CN(C)Cc1cccc(SCCCN=c2[nH][s+]([O-])nc2N)n1.Cl. The summed E-state index contributed by atoms with van der Waals surface area (Å²) in [4.78, 5) is 11.0. The number of nitrogens with zero attached hydrogens (tertiary/aromatic N) is 4. The van der Waals surface area contributed by atoms with E-state index in [0.29, 0.717) is 12.0 Å². The molecule has 1 atom stereocenters. The summed E-state index contributed by atoms with van der Waals surface area (Å²) in [5, 5.41) is 1.02. The minimum Gasteiger partial charge on any atom is -0.548 e. The Kier molecular flexibility index (Phi) is 8.56. The molecule has 0 aromatic carbocycles. The summed E-state index contributed by atoms with van der Waals surface area (Å²) in [6.45, 7) is 1.45. The number of nitrogen functional groups attached to an aromatic ring is 1. The number of rotatable bonds is 7. The van der Waals surface area contributed by atoms with Crippen LogP contribution in [-0.2, 0) is 6.54 Å². The normalized spacial score (nSPS) is 12.5. The summed E-state index contributed by atoms with van der Waals surface area (Å²) in [6.07, 6.45) is 0.884. The van der Waals surface area contributed by atoms with Gasteiger partial charge in [0.1, 0.15) is 0 Å². The van der Waals surface area contributed by atoms with Crippen LogP contribution in [0.15, 0.2) is 28.2 Å². The van der Waals surface area contributed by atoms with E-state index >= 15 is 0 Å². The number of thioether (sulfide) groups is 1. The largest absolute Gasteiger partial charge is 0.548 e.